The third kappa shape index (κ3) is 2.25. The Hall–Kier alpha value is -1.50. The van der Waals surface area contributed by atoms with Crippen LogP contribution in [0.3, 0.4) is 0 Å². The molecule has 0 unspecified atom stereocenters. The monoisotopic (exact) mass is 196 g/mol. The predicted molar refractivity (Wildman–Crippen MR) is 47.0 cm³/mol. The zero-order valence-corrected chi connectivity index (χ0v) is 7.66. The van der Waals surface area contributed by atoms with Crippen molar-refractivity contribution in [2.45, 2.75) is 13.0 Å². The zero-order valence-electron chi connectivity index (χ0n) is 7.66. The molecule has 7 heteroatoms. The first-order chi connectivity index (χ1) is 6.84. The van der Waals surface area contributed by atoms with E-state index < -0.39 is 0 Å². The normalized spacial score (nSPS) is 16.3. The second kappa shape index (κ2) is 4.14. The highest BCUT2D eigenvalue weighted by Crippen LogP contribution is 2.07. The van der Waals surface area contributed by atoms with Gasteiger partial charge >= 0.3 is 0 Å². The Kier molecular flexibility index (Phi) is 2.68. The molecule has 1 aromatic rings. The smallest absolute Gasteiger partial charge is 0.220 e. The van der Waals surface area contributed by atoms with Crippen LogP contribution in [0.1, 0.15) is 12.2 Å². The Bertz CT molecular complexity index is 293. The summed E-state index contributed by atoms with van der Waals surface area (Å²) in [6.45, 7) is 2.22. The van der Waals surface area contributed by atoms with Crippen molar-refractivity contribution in [2.24, 2.45) is 5.92 Å². The highest BCUT2D eigenvalue weighted by Gasteiger charge is 2.19. The maximum Gasteiger partial charge on any atom is 0.220 e. The molecule has 3 N–H and O–H groups in total. The molecule has 0 aliphatic carbocycles. The fourth-order valence-electron chi connectivity index (χ4n) is 1.26. The van der Waals surface area contributed by atoms with Crippen LogP contribution in [0.2, 0.25) is 0 Å². The second-order valence-corrected chi connectivity index (χ2v) is 3.33. The van der Waals surface area contributed by atoms with Gasteiger partial charge < -0.3 is 10.6 Å². The summed E-state index contributed by atoms with van der Waals surface area (Å²) in [5.74, 6) is 1.03. The Morgan fingerprint density at radius 3 is 3.00 bits per heavy atom. The van der Waals surface area contributed by atoms with Gasteiger partial charge in [-0.25, -0.2) is 0 Å². The number of aromatic amines is 1. The number of rotatable bonds is 4. The largest absolute Gasteiger partial charge is 0.349 e. The minimum absolute atomic E-state index is 0.0429. The molecule has 76 valence electrons. The first-order valence-corrected chi connectivity index (χ1v) is 4.54. The molecule has 0 radical (unpaired) electrons. The Balaban J connectivity index is 1.67. The van der Waals surface area contributed by atoms with Crippen molar-refractivity contribution in [1.29, 1.82) is 0 Å². The van der Waals surface area contributed by atoms with Crippen molar-refractivity contribution in [2.75, 3.05) is 13.1 Å². The number of amides is 1. The van der Waals surface area contributed by atoms with Gasteiger partial charge in [0.2, 0.25) is 5.91 Å². The lowest BCUT2D eigenvalue weighted by molar-refractivity contribution is -0.122. The summed E-state index contributed by atoms with van der Waals surface area (Å²) >= 11 is 0. The molecule has 2 heterocycles. The van der Waals surface area contributed by atoms with E-state index in [4.69, 9.17) is 0 Å². The Morgan fingerprint density at radius 1 is 1.57 bits per heavy atom. The number of carbonyl (C=O) groups is 1. The number of nitrogens with one attached hydrogen (secondary N) is 3. The van der Waals surface area contributed by atoms with Crippen molar-refractivity contribution in [1.82, 2.24) is 31.3 Å². The number of aromatic nitrogens is 4. The maximum atomic E-state index is 11.3. The first kappa shape index (κ1) is 9.07. The van der Waals surface area contributed by atoms with Gasteiger partial charge in [-0.2, -0.15) is 5.21 Å². The van der Waals surface area contributed by atoms with E-state index in [2.05, 4.69) is 31.3 Å². The van der Waals surface area contributed by atoms with Crippen molar-refractivity contribution in [3.05, 3.63) is 5.82 Å². The van der Waals surface area contributed by atoms with E-state index in [-0.39, 0.29) is 5.91 Å². The molecule has 0 atom stereocenters. The summed E-state index contributed by atoms with van der Waals surface area (Å²) in [6.07, 6.45) is 0.574. The van der Waals surface area contributed by atoms with Gasteiger partial charge in [-0.15, -0.1) is 10.2 Å². The average Bonchev–Trinajstić information content (AvgIpc) is 2.60. The topological polar surface area (TPSA) is 95.6 Å². The fourth-order valence-corrected chi connectivity index (χ4v) is 1.26. The summed E-state index contributed by atoms with van der Waals surface area (Å²) in [5, 5.41) is 19.0. The summed E-state index contributed by atoms with van der Waals surface area (Å²) < 4.78 is 0. The highest BCUT2D eigenvalue weighted by molar-refractivity contribution is 5.76. The van der Waals surface area contributed by atoms with Crippen LogP contribution >= 0.6 is 0 Å². The number of tetrazole rings is 1. The molecule has 1 fully saturated rings. The van der Waals surface area contributed by atoms with E-state index in [1.807, 2.05) is 0 Å². The van der Waals surface area contributed by atoms with Crippen LogP contribution in [0, 0.1) is 5.92 Å². The number of carbonyl (C=O) groups excluding carboxylic acids is 1. The van der Waals surface area contributed by atoms with Crippen LogP contribution in [0.5, 0.6) is 0 Å². The third-order valence-corrected chi connectivity index (χ3v) is 2.17. The van der Waals surface area contributed by atoms with E-state index in [9.17, 15) is 4.79 Å². The molecule has 0 spiro atoms. The van der Waals surface area contributed by atoms with E-state index in [1.165, 1.54) is 0 Å². The number of nitrogens with zero attached hydrogens (tertiary/aromatic N) is 3. The van der Waals surface area contributed by atoms with E-state index in [1.54, 1.807) is 0 Å². The van der Waals surface area contributed by atoms with Gasteiger partial charge in [0.1, 0.15) is 0 Å². The summed E-state index contributed by atoms with van der Waals surface area (Å²) in [4.78, 5) is 11.3. The molecule has 1 aromatic heterocycles. The van der Waals surface area contributed by atoms with Crippen LogP contribution in [0.15, 0.2) is 0 Å². The van der Waals surface area contributed by atoms with Gasteiger partial charge in [0.15, 0.2) is 5.82 Å². The van der Waals surface area contributed by atoms with Gasteiger partial charge in [0.25, 0.3) is 0 Å². The number of hydrogen-bond donors (Lipinski definition) is 3. The lowest BCUT2D eigenvalue weighted by atomic mass is 9.99. The molecule has 7 nitrogen and oxygen atoms in total. The van der Waals surface area contributed by atoms with E-state index >= 15 is 0 Å². The summed E-state index contributed by atoms with van der Waals surface area (Å²) in [6, 6.07) is 0. The molecular formula is C7H12N6O. The second-order valence-electron chi connectivity index (χ2n) is 3.33. The third-order valence-electron chi connectivity index (χ3n) is 2.17. The van der Waals surface area contributed by atoms with Gasteiger partial charge in [0.05, 0.1) is 6.54 Å². The number of hydrogen-bond acceptors (Lipinski definition) is 5. The minimum Gasteiger partial charge on any atom is -0.349 e. The quantitative estimate of drug-likeness (QED) is 0.540. The summed E-state index contributed by atoms with van der Waals surface area (Å²) in [5.41, 5.74) is 0. The van der Waals surface area contributed by atoms with Gasteiger partial charge in [0, 0.05) is 6.42 Å². The van der Waals surface area contributed by atoms with Crippen LogP contribution in [0.4, 0.5) is 0 Å². The lowest BCUT2D eigenvalue weighted by Crippen LogP contribution is -2.44. The standard InChI is InChI=1S/C7H12N6O/c14-7(1-5-2-8-3-5)9-4-6-10-12-13-11-6/h5,8H,1-4H2,(H,9,14)(H,10,11,12,13). The molecule has 0 bridgehead atoms. The molecule has 0 saturated carbocycles. The van der Waals surface area contributed by atoms with Crippen molar-refractivity contribution < 1.29 is 4.79 Å². The molecule has 2 rings (SSSR count). The maximum absolute atomic E-state index is 11.3. The van der Waals surface area contributed by atoms with Crippen molar-refractivity contribution in [3.8, 4) is 0 Å². The Morgan fingerprint density at radius 2 is 2.43 bits per heavy atom. The Labute approximate surface area is 80.6 Å². The van der Waals surface area contributed by atoms with Crippen LogP contribution in [-0.4, -0.2) is 39.6 Å². The van der Waals surface area contributed by atoms with Gasteiger partial charge in [-0.1, -0.05) is 5.21 Å². The predicted octanol–water partition coefficient (Wildman–Crippen LogP) is -1.57. The molecule has 1 amide bonds. The first-order valence-electron chi connectivity index (χ1n) is 4.54. The van der Waals surface area contributed by atoms with E-state index in [0.717, 1.165) is 13.1 Å². The molecule has 1 aliphatic rings. The van der Waals surface area contributed by atoms with E-state index in [0.29, 0.717) is 24.7 Å². The lowest BCUT2D eigenvalue weighted by Gasteiger charge is -2.26. The molecule has 0 aromatic carbocycles. The molecule has 1 saturated heterocycles. The highest BCUT2D eigenvalue weighted by atomic mass is 16.1. The molecule has 1 aliphatic heterocycles. The minimum atomic E-state index is 0.0429. The van der Waals surface area contributed by atoms with Crippen molar-refractivity contribution in [3.63, 3.8) is 0 Å². The van der Waals surface area contributed by atoms with Crippen LogP contribution in [-0.2, 0) is 11.3 Å². The fraction of sp³-hybridized carbons (Fsp3) is 0.714. The van der Waals surface area contributed by atoms with Gasteiger partial charge in [-0.3, -0.25) is 4.79 Å². The van der Waals surface area contributed by atoms with Crippen LogP contribution in [0.25, 0.3) is 0 Å². The molecule has 14 heavy (non-hydrogen) atoms. The zero-order chi connectivity index (χ0) is 9.80. The summed E-state index contributed by atoms with van der Waals surface area (Å²) in [7, 11) is 0. The average molecular weight is 196 g/mol. The van der Waals surface area contributed by atoms with Gasteiger partial charge in [-0.05, 0) is 19.0 Å². The van der Waals surface area contributed by atoms with Crippen LogP contribution < -0.4 is 10.6 Å². The molecular weight excluding hydrogens is 184 g/mol. The SMILES string of the molecule is O=C(CC1CNC1)NCc1nn[nH]n1. The van der Waals surface area contributed by atoms with Crippen molar-refractivity contribution >= 4 is 5.91 Å². The number of H-pyrrole nitrogens is 1.